The van der Waals surface area contributed by atoms with Crippen LogP contribution in [0.2, 0.25) is 0 Å². The largest absolute Gasteiger partial charge is 0.369 e. The maximum atomic E-state index is 12.8. The van der Waals surface area contributed by atoms with Crippen LogP contribution in [0, 0.1) is 5.92 Å². The molecule has 1 aromatic carbocycles. The minimum Gasteiger partial charge on any atom is -0.369 e. The highest BCUT2D eigenvalue weighted by Gasteiger charge is 2.49. The van der Waals surface area contributed by atoms with Crippen molar-refractivity contribution in [1.82, 2.24) is 15.0 Å². The van der Waals surface area contributed by atoms with Crippen molar-refractivity contribution in [3.8, 4) is 10.4 Å². The van der Waals surface area contributed by atoms with Crippen molar-refractivity contribution in [1.29, 1.82) is 0 Å². The van der Waals surface area contributed by atoms with Crippen molar-refractivity contribution >= 4 is 33.3 Å². The molecule has 1 atom stereocenters. The third-order valence-corrected chi connectivity index (χ3v) is 5.88. The van der Waals surface area contributed by atoms with Gasteiger partial charge in [0.05, 0.1) is 27.5 Å². The zero-order valence-electron chi connectivity index (χ0n) is 15.8. The molecule has 7 heteroatoms. The number of benzene rings is 1. The van der Waals surface area contributed by atoms with Crippen molar-refractivity contribution in [3.63, 3.8) is 0 Å². The number of nitrogens with one attached hydrogen (secondary N) is 1. The second kappa shape index (κ2) is 6.35. The third-order valence-electron chi connectivity index (χ3n) is 4.92. The zero-order chi connectivity index (χ0) is 19.2. The summed E-state index contributed by atoms with van der Waals surface area (Å²) in [4.78, 5) is 26.5. The molecule has 140 valence electrons. The number of thiazole rings is 1. The molecular formula is C20H22N4O2S. The van der Waals surface area contributed by atoms with E-state index >= 15 is 0 Å². The number of carbonyl (C=O) groups is 1. The number of carbonyl (C=O) groups excluding carboxylic acids is 1. The second-order valence-electron chi connectivity index (χ2n) is 8.04. The van der Waals surface area contributed by atoms with E-state index in [1.54, 1.807) is 12.4 Å². The van der Waals surface area contributed by atoms with Gasteiger partial charge < -0.3 is 10.1 Å². The molecule has 3 heterocycles. The summed E-state index contributed by atoms with van der Waals surface area (Å²) in [5, 5.41) is 4.55. The average molecular weight is 382 g/mol. The fourth-order valence-electron chi connectivity index (χ4n) is 3.76. The molecule has 3 aromatic rings. The van der Waals surface area contributed by atoms with Crippen LogP contribution in [-0.4, -0.2) is 32.1 Å². The molecule has 1 amide bonds. The summed E-state index contributed by atoms with van der Waals surface area (Å²) in [7, 11) is 0. The molecule has 1 unspecified atom stereocenters. The van der Waals surface area contributed by atoms with E-state index in [-0.39, 0.29) is 17.4 Å². The number of ether oxygens (including phenoxy) is 1. The summed E-state index contributed by atoms with van der Waals surface area (Å²) in [6.07, 6.45) is 5.80. The van der Waals surface area contributed by atoms with Gasteiger partial charge in [-0.15, -0.1) is 0 Å². The first kappa shape index (κ1) is 18.0. The number of amides is 1. The molecule has 27 heavy (non-hydrogen) atoms. The van der Waals surface area contributed by atoms with Gasteiger partial charge >= 0.3 is 0 Å². The molecule has 1 aliphatic rings. The Kier molecular flexibility index (Phi) is 4.24. The Morgan fingerprint density at radius 1 is 1.22 bits per heavy atom. The molecule has 2 aromatic heterocycles. The maximum absolute atomic E-state index is 12.8. The highest BCUT2D eigenvalue weighted by atomic mass is 32.1. The van der Waals surface area contributed by atoms with Gasteiger partial charge in [0, 0.05) is 17.8 Å². The first-order valence-corrected chi connectivity index (χ1v) is 9.72. The highest BCUT2D eigenvalue weighted by molar-refractivity contribution is 7.19. The second-order valence-corrected chi connectivity index (χ2v) is 9.07. The third kappa shape index (κ3) is 3.57. The van der Waals surface area contributed by atoms with Gasteiger partial charge in [-0.1, -0.05) is 23.5 Å². The van der Waals surface area contributed by atoms with Crippen molar-refractivity contribution in [2.24, 2.45) is 5.92 Å². The van der Waals surface area contributed by atoms with Crippen LogP contribution in [0.1, 0.15) is 34.1 Å². The summed E-state index contributed by atoms with van der Waals surface area (Å²) >= 11 is 1.45. The quantitative estimate of drug-likeness (QED) is 0.731. The van der Waals surface area contributed by atoms with Crippen LogP contribution in [0.5, 0.6) is 0 Å². The predicted molar refractivity (Wildman–Crippen MR) is 107 cm³/mol. The van der Waals surface area contributed by atoms with Crippen LogP contribution in [-0.2, 0) is 9.53 Å². The Bertz CT molecular complexity index is 1010. The predicted octanol–water partition coefficient (Wildman–Crippen LogP) is 4.29. The summed E-state index contributed by atoms with van der Waals surface area (Å²) < 4.78 is 6.03. The van der Waals surface area contributed by atoms with E-state index in [0.717, 1.165) is 21.3 Å². The molecule has 0 bridgehead atoms. The summed E-state index contributed by atoms with van der Waals surface area (Å²) in [6.45, 7) is 7.98. The van der Waals surface area contributed by atoms with Crippen LogP contribution in [0.25, 0.3) is 21.3 Å². The topological polar surface area (TPSA) is 77.0 Å². The van der Waals surface area contributed by atoms with E-state index in [4.69, 9.17) is 4.74 Å². The van der Waals surface area contributed by atoms with Gasteiger partial charge in [-0.05, 0) is 45.7 Å². The number of nitrogens with zero attached hydrogens (tertiary/aromatic N) is 3. The van der Waals surface area contributed by atoms with Crippen molar-refractivity contribution in [3.05, 3.63) is 36.9 Å². The summed E-state index contributed by atoms with van der Waals surface area (Å²) in [6, 6.07) is 6.01. The Labute approximate surface area is 162 Å². The van der Waals surface area contributed by atoms with Gasteiger partial charge in [0.25, 0.3) is 0 Å². The Balaban J connectivity index is 1.53. The van der Waals surface area contributed by atoms with E-state index in [1.807, 2.05) is 45.9 Å². The first-order valence-electron chi connectivity index (χ1n) is 8.91. The minimum absolute atomic E-state index is 0.0438. The Morgan fingerprint density at radius 3 is 2.78 bits per heavy atom. The molecule has 1 fully saturated rings. The first-order chi connectivity index (χ1) is 12.7. The van der Waals surface area contributed by atoms with Gasteiger partial charge in [-0.3, -0.25) is 4.79 Å². The lowest BCUT2D eigenvalue weighted by Crippen LogP contribution is -2.36. The fourth-order valence-corrected chi connectivity index (χ4v) is 4.57. The SMILES string of the molecule is CC1(C)CC(C(=O)Nc2ncc(-c3ccc4cncnc4c3)s2)C(C)(C)O1. The molecule has 1 N–H and O–H groups in total. The standard InChI is InChI=1S/C20H22N4O2S/c1-19(2)8-14(20(3,4)26-19)17(25)24-18-22-10-16(27-18)12-5-6-13-9-21-11-23-15(13)7-12/h5-7,9-11,14H,8H2,1-4H3,(H,22,24,25). The van der Waals surface area contributed by atoms with E-state index in [1.165, 1.54) is 17.7 Å². The zero-order valence-corrected chi connectivity index (χ0v) is 16.6. The number of fused-ring (bicyclic) bond motifs is 1. The molecule has 0 spiro atoms. The van der Waals surface area contributed by atoms with Gasteiger partial charge in [-0.2, -0.15) is 0 Å². The summed E-state index contributed by atoms with van der Waals surface area (Å²) in [5.74, 6) is -0.255. The normalized spacial score (nSPS) is 20.7. The molecule has 0 radical (unpaired) electrons. The van der Waals surface area contributed by atoms with Crippen LogP contribution in [0.4, 0.5) is 5.13 Å². The lowest BCUT2D eigenvalue weighted by molar-refractivity contribution is -0.126. The lowest BCUT2D eigenvalue weighted by atomic mass is 9.87. The van der Waals surface area contributed by atoms with Gasteiger partial charge in [0.1, 0.15) is 6.33 Å². The number of hydrogen-bond acceptors (Lipinski definition) is 6. The molecular weight excluding hydrogens is 360 g/mol. The monoisotopic (exact) mass is 382 g/mol. The molecule has 1 aliphatic heterocycles. The number of rotatable bonds is 3. The van der Waals surface area contributed by atoms with Crippen molar-refractivity contribution in [2.45, 2.75) is 45.3 Å². The smallest absolute Gasteiger partial charge is 0.232 e. The lowest BCUT2D eigenvalue weighted by Gasteiger charge is -2.26. The van der Waals surface area contributed by atoms with E-state index in [9.17, 15) is 4.79 Å². The molecule has 1 saturated heterocycles. The Morgan fingerprint density at radius 2 is 2.04 bits per heavy atom. The van der Waals surface area contributed by atoms with Gasteiger partial charge in [0.15, 0.2) is 5.13 Å². The molecule has 0 saturated carbocycles. The molecule has 4 rings (SSSR count). The number of aromatic nitrogens is 3. The van der Waals surface area contributed by atoms with Crippen LogP contribution in [0.15, 0.2) is 36.9 Å². The highest BCUT2D eigenvalue weighted by Crippen LogP contribution is 2.42. The van der Waals surface area contributed by atoms with E-state index < -0.39 is 5.60 Å². The number of hydrogen-bond donors (Lipinski definition) is 1. The van der Waals surface area contributed by atoms with Crippen molar-refractivity contribution in [2.75, 3.05) is 5.32 Å². The van der Waals surface area contributed by atoms with Crippen molar-refractivity contribution < 1.29 is 9.53 Å². The number of anilines is 1. The van der Waals surface area contributed by atoms with Crippen LogP contribution < -0.4 is 5.32 Å². The molecule has 6 nitrogen and oxygen atoms in total. The van der Waals surface area contributed by atoms with Crippen LogP contribution in [0.3, 0.4) is 0 Å². The van der Waals surface area contributed by atoms with E-state index in [0.29, 0.717) is 11.6 Å². The molecule has 0 aliphatic carbocycles. The van der Waals surface area contributed by atoms with Gasteiger partial charge in [-0.25, -0.2) is 15.0 Å². The van der Waals surface area contributed by atoms with Crippen LogP contribution >= 0.6 is 11.3 Å². The van der Waals surface area contributed by atoms with Gasteiger partial charge in [0.2, 0.25) is 5.91 Å². The average Bonchev–Trinajstić information content (AvgIpc) is 3.15. The maximum Gasteiger partial charge on any atom is 0.232 e. The Hall–Kier alpha value is -2.38. The fraction of sp³-hybridized carbons (Fsp3) is 0.400. The van der Waals surface area contributed by atoms with E-state index in [2.05, 4.69) is 20.3 Å². The summed E-state index contributed by atoms with van der Waals surface area (Å²) in [5.41, 5.74) is 1.11. The minimum atomic E-state index is -0.494.